The number of hydrogen-bond acceptors (Lipinski definition) is 4. The molecule has 1 aliphatic heterocycles. The molecule has 7 heteroatoms. The first-order valence-electron chi connectivity index (χ1n) is 9.06. The Bertz CT molecular complexity index is 677. The summed E-state index contributed by atoms with van der Waals surface area (Å²) < 4.78 is 12.2. The van der Waals surface area contributed by atoms with E-state index in [1.165, 1.54) is 0 Å². The maximum atomic E-state index is 12.4. The van der Waals surface area contributed by atoms with E-state index in [-0.39, 0.29) is 34.6 Å². The summed E-state index contributed by atoms with van der Waals surface area (Å²) in [5.41, 5.74) is 6.58. The Hall–Kier alpha value is -1.01. The molecule has 0 amide bonds. The van der Waals surface area contributed by atoms with Gasteiger partial charge in [-0.15, -0.1) is 0 Å². The summed E-state index contributed by atoms with van der Waals surface area (Å²) in [7, 11) is -2.03. The fourth-order valence-electron chi connectivity index (χ4n) is 5.28. The standard InChI is InChI=1S/C18H30N2O4Si/c1-15(2,3)25(6,7)23-10-17-9-8-11-16(4,5)14(17)18(11,22)12(20-19)13(21)24-17/h11,14,22H,8-10H2,1-7H3/t11?,14?,17-,18-/m1/s1. The first-order valence-corrected chi connectivity index (χ1v) is 12.0. The first kappa shape index (κ1) is 18.8. The molecule has 2 unspecified atom stereocenters. The van der Waals surface area contributed by atoms with Crippen LogP contribution in [0.25, 0.3) is 5.53 Å². The normalized spacial score (nSPS) is 39.4. The van der Waals surface area contributed by atoms with Crippen molar-refractivity contribution in [1.82, 2.24) is 0 Å². The third-order valence-electron chi connectivity index (χ3n) is 7.45. The minimum Gasteiger partial charge on any atom is -0.448 e. The van der Waals surface area contributed by atoms with Gasteiger partial charge in [0.2, 0.25) is 0 Å². The molecule has 0 aromatic heterocycles. The monoisotopic (exact) mass is 366 g/mol. The number of rotatable bonds is 3. The molecule has 3 rings (SSSR count). The molecule has 2 aliphatic carbocycles. The average Bonchev–Trinajstić information content (AvgIpc) is 2.43. The van der Waals surface area contributed by atoms with E-state index in [9.17, 15) is 15.4 Å². The number of fused-ring (bicyclic) bond motifs is 2. The van der Waals surface area contributed by atoms with Gasteiger partial charge in [0.05, 0.1) is 6.61 Å². The fraction of sp³-hybridized carbons (Fsp3) is 0.889. The molecule has 3 aliphatic rings. The SMILES string of the molecule is CC1(C)C2CC[C@]3(CO[Si](C)(C)C(C)(C)C)OC(=O)C(=[N+]=[N-])[C@@]2(O)C13. The Morgan fingerprint density at radius 1 is 1.40 bits per heavy atom. The molecule has 0 aromatic carbocycles. The minimum absolute atomic E-state index is 0.0443. The van der Waals surface area contributed by atoms with Gasteiger partial charge in [-0.2, -0.15) is 4.79 Å². The van der Waals surface area contributed by atoms with Crippen molar-refractivity contribution in [3.05, 3.63) is 5.53 Å². The number of hydrogen-bond donors (Lipinski definition) is 1. The topological polar surface area (TPSA) is 92.2 Å². The van der Waals surface area contributed by atoms with Crippen LogP contribution < -0.4 is 0 Å². The van der Waals surface area contributed by atoms with Crippen molar-refractivity contribution in [3.8, 4) is 0 Å². The van der Waals surface area contributed by atoms with E-state index in [1.54, 1.807) is 0 Å². The largest absolute Gasteiger partial charge is 0.448 e. The van der Waals surface area contributed by atoms with Crippen molar-refractivity contribution >= 4 is 20.0 Å². The minimum atomic E-state index is -2.03. The summed E-state index contributed by atoms with van der Waals surface area (Å²) in [6.07, 6.45) is 1.39. The van der Waals surface area contributed by atoms with E-state index in [0.717, 1.165) is 0 Å². The Kier molecular flexibility index (Phi) is 3.78. The van der Waals surface area contributed by atoms with Crippen molar-refractivity contribution in [3.63, 3.8) is 0 Å². The molecule has 0 spiro atoms. The average molecular weight is 367 g/mol. The lowest BCUT2D eigenvalue weighted by atomic mass is 9.35. The summed E-state index contributed by atoms with van der Waals surface area (Å²) in [4.78, 5) is 15.5. The maximum absolute atomic E-state index is 12.4. The highest BCUT2D eigenvalue weighted by Crippen LogP contribution is 2.70. The lowest BCUT2D eigenvalue weighted by Gasteiger charge is -2.71. The molecule has 25 heavy (non-hydrogen) atoms. The smallest absolute Gasteiger partial charge is 0.420 e. The zero-order chi connectivity index (χ0) is 19.1. The second kappa shape index (κ2) is 5.03. The van der Waals surface area contributed by atoms with Crippen molar-refractivity contribution in [1.29, 1.82) is 0 Å². The van der Waals surface area contributed by atoms with E-state index in [4.69, 9.17) is 9.16 Å². The van der Waals surface area contributed by atoms with Gasteiger partial charge in [-0.1, -0.05) is 34.6 Å². The summed E-state index contributed by atoms with van der Waals surface area (Å²) in [5, 5.41) is 11.3. The van der Waals surface area contributed by atoms with Crippen LogP contribution >= 0.6 is 0 Å². The maximum Gasteiger partial charge on any atom is 0.420 e. The Labute approximate surface area is 150 Å². The van der Waals surface area contributed by atoms with Gasteiger partial charge < -0.3 is 19.8 Å². The van der Waals surface area contributed by atoms with E-state index in [0.29, 0.717) is 12.8 Å². The highest BCUT2D eigenvalue weighted by Gasteiger charge is 2.84. The second-order valence-corrected chi connectivity index (χ2v) is 14.9. The molecule has 3 fully saturated rings. The van der Waals surface area contributed by atoms with Gasteiger partial charge in [0.15, 0.2) is 13.9 Å². The molecule has 0 aromatic rings. The summed E-state index contributed by atoms with van der Waals surface area (Å²) >= 11 is 0. The molecule has 2 bridgehead atoms. The van der Waals surface area contributed by atoms with E-state index >= 15 is 0 Å². The van der Waals surface area contributed by atoms with Crippen LogP contribution in [0.3, 0.4) is 0 Å². The number of nitrogens with zero attached hydrogens (tertiary/aromatic N) is 2. The van der Waals surface area contributed by atoms with Gasteiger partial charge in [0, 0.05) is 11.8 Å². The van der Waals surface area contributed by atoms with Crippen LogP contribution in [0.4, 0.5) is 0 Å². The molecule has 1 saturated heterocycles. The van der Waals surface area contributed by atoms with Crippen LogP contribution in [0.15, 0.2) is 0 Å². The predicted octanol–water partition coefficient (Wildman–Crippen LogP) is 2.77. The van der Waals surface area contributed by atoms with Crippen LogP contribution in [0.2, 0.25) is 18.1 Å². The lowest BCUT2D eigenvalue weighted by molar-refractivity contribution is -0.328. The Morgan fingerprint density at radius 3 is 2.48 bits per heavy atom. The van der Waals surface area contributed by atoms with Crippen molar-refractivity contribution in [2.24, 2.45) is 17.3 Å². The van der Waals surface area contributed by atoms with Gasteiger partial charge in [-0.25, -0.2) is 4.79 Å². The lowest BCUT2D eigenvalue weighted by Crippen LogP contribution is -2.85. The van der Waals surface area contributed by atoms with Crippen LogP contribution in [0, 0.1) is 17.3 Å². The van der Waals surface area contributed by atoms with Crippen molar-refractivity contribution in [2.75, 3.05) is 6.61 Å². The third kappa shape index (κ3) is 2.19. The van der Waals surface area contributed by atoms with E-state index < -0.39 is 25.5 Å². The fourth-order valence-corrected chi connectivity index (χ4v) is 6.32. The number of carbonyl (C=O) groups is 1. The van der Waals surface area contributed by atoms with Crippen LogP contribution in [0.1, 0.15) is 47.5 Å². The Balaban J connectivity index is 1.98. The van der Waals surface area contributed by atoms with Crippen molar-refractivity contribution < 1.29 is 23.9 Å². The molecule has 0 radical (unpaired) electrons. The molecule has 140 valence electrons. The van der Waals surface area contributed by atoms with Gasteiger partial charge in [0.25, 0.3) is 0 Å². The van der Waals surface area contributed by atoms with Crippen LogP contribution in [-0.4, -0.2) is 47.7 Å². The summed E-state index contributed by atoms with van der Waals surface area (Å²) in [5.74, 6) is -1.15. The third-order valence-corrected chi connectivity index (χ3v) is 11.9. The molecule has 4 atom stereocenters. The highest BCUT2D eigenvalue weighted by molar-refractivity contribution is 6.74. The van der Waals surface area contributed by atoms with E-state index in [2.05, 4.69) is 52.5 Å². The van der Waals surface area contributed by atoms with Gasteiger partial charge in [0.1, 0.15) is 5.60 Å². The summed E-state index contributed by atoms with van der Waals surface area (Å²) in [6, 6.07) is 0. The van der Waals surface area contributed by atoms with Gasteiger partial charge in [-0.3, -0.25) is 0 Å². The predicted molar refractivity (Wildman–Crippen MR) is 95.5 cm³/mol. The summed E-state index contributed by atoms with van der Waals surface area (Å²) in [6.45, 7) is 15.3. The number of ether oxygens (including phenoxy) is 1. The van der Waals surface area contributed by atoms with Crippen LogP contribution in [0.5, 0.6) is 0 Å². The van der Waals surface area contributed by atoms with E-state index in [1.807, 2.05) is 0 Å². The zero-order valence-electron chi connectivity index (χ0n) is 16.3. The van der Waals surface area contributed by atoms with Gasteiger partial charge in [-0.05, 0) is 36.4 Å². The molecular formula is C18H30N2O4Si. The number of esters is 1. The molecule has 6 nitrogen and oxygen atoms in total. The van der Waals surface area contributed by atoms with Crippen LogP contribution in [-0.2, 0) is 14.0 Å². The number of carbonyl (C=O) groups excluding carboxylic acids is 1. The number of aliphatic hydroxyl groups is 1. The van der Waals surface area contributed by atoms with Crippen molar-refractivity contribution in [2.45, 2.75) is 76.8 Å². The quantitative estimate of drug-likeness (QED) is 0.360. The zero-order valence-corrected chi connectivity index (χ0v) is 17.3. The second-order valence-electron chi connectivity index (χ2n) is 10.1. The molecule has 1 heterocycles. The van der Waals surface area contributed by atoms with Gasteiger partial charge >= 0.3 is 11.7 Å². The highest BCUT2D eigenvalue weighted by atomic mass is 28.4. The molecule has 1 N–H and O–H groups in total. The Morgan fingerprint density at radius 2 is 2.00 bits per heavy atom. The molecule has 2 saturated carbocycles. The molecular weight excluding hydrogens is 336 g/mol. The first-order chi connectivity index (χ1) is 11.2.